The number of hydrogen-bond donors (Lipinski definition) is 1. The normalized spacial score (nSPS) is 15.7. The lowest BCUT2D eigenvalue weighted by atomic mass is 9.87. The molecule has 1 aromatic carbocycles. The zero-order valence-electron chi connectivity index (χ0n) is 21.0. The minimum atomic E-state index is 0.407. The van der Waals surface area contributed by atoms with Crippen molar-refractivity contribution in [3.63, 3.8) is 0 Å². The van der Waals surface area contributed by atoms with Crippen LogP contribution in [0.3, 0.4) is 0 Å². The van der Waals surface area contributed by atoms with Gasteiger partial charge in [-0.05, 0) is 86.1 Å². The number of likely N-dealkylation sites (tertiary alicyclic amines) is 1. The first-order chi connectivity index (χ1) is 17.0. The molecule has 1 fully saturated rings. The van der Waals surface area contributed by atoms with Gasteiger partial charge in [-0.15, -0.1) is 0 Å². The van der Waals surface area contributed by atoms with Gasteiger partial charge in [-0.1, -0.05) is 19.9 Å². The van der Waals surface area contributed by atoms with Gasteiger partial charge >= 0.3 is 0 Å². The van der Waals surface area contributed by atoms with Gasteiger partial charge < -0.3 is 4.98 Å². The third-order valence-corrected chi connectivity index (χ3v) is 7.55. The Hall–Kier alpha value is -3.45. The molecule has 5 aromatic rings. The van der Waals surface area contributed by atoms with E-state index < -0.39 is 0 Å². The SMILES string of the molecule is Cc1cc(CN2CCC(c3ccc4[nH]c(-c5ccc6ncnn6c5)c(C(C)C)c4c3)CC2)n(C)n1. The van der Waals surface area contributed by atoms with Crippen molar-refractivity contribution < 1.29 is 0 Å². The molecule has 1 saturated heterocycles. The largest absolute Gasteiger partial charge is 0.354 e. The van der Waals surface area contributed by atoms with Gasteiger partial charge in [0, 0.05) is 36.3 Å². The molecule has 0 atom stereocenters. The maximum Gasteiger partial charge on any atom is 0.155 e. The predicted octanol–water partition coefficient (Wildman–Crippen LogP) is 5.42. The van der Waals surface area contributed by atoms with Crippen LogP contribution in [0, 0.1) is 6.92 Å². The maximum absolute atomic E-state index is 4.51. The number of benzene rings is 1. The van der Waals surface area contributed by atoms with Crippen LogP contribution in [0.25, 0.3) is 27.8 Å². The van der Waals surface area contributed by atoms with Gasteiger partial charge in [0.2, 0.25) is 0 Å². The van der Waals surface area contributed by atoms with Crippen LogP contribution in [-0.4, -0.2) is 47.4 Å². The Balaban J connectivity index is 1.26. The fourth-order valence-electron chi connectivity index (χ4n) is 5.74. The van der Waals surface area contributed by atoms with E-state index in [4.69, 9.17) is 0 Å². The molecule has 6 rings (SSSR count). The van der Waals surface area contributed by atoms with E-state index in [-0.39, 0.29) is 0 Å². The molecule has 0 spiro atoms. The molecule has 7 heteroatoms. The zero-order chi connectivity index (χ0) is 24.1. The number of nitrogens with one attached hydrogen (secondary N) is 1. The highest BCUT2D eigenvalue weighted by Crippen LogP contribution is 2.38. The molecule has 180 valence electrons. The van der Waals surface area contributed by atoms with E-state index in [0.717, 1.165) is 36.5 Å². The van der Waals surface area contributed by atoms with E-state index >= 15 is 0 Å². The summed E-state index contributed by atoms with van der Waals surface area (Å²) in [4.78, 5) is 10.6. The van der Waals surface area contributed by atoms with E-state index in [1.807, 2.05) is 22.3 Å². The highest BCUT2D eigenvalue weighted by molar-refractivity contribution is 5.92. The van der Waals surface area contributed by atoms with Crippen molar-refractivity contribution in [2.24, 2.45) is 7.05 Å². The first-order valence-electron chi connectivity index (χ1n) is 12.6. The minimum Gasteiger partial charge on any atom is -0.354 e. The number of fused-ring (bicyclic) bond motifs is 2. The fourth-order valence-corrected chi connectivity index (χ4v) is 5.74. The van der Waals surface area contributed by atoms with E-state index in [1.54, 1.807) is 6.33 Å². The van der Waals surface area contributed by atoms with Crippen LogP contribution in [0.15, 0.2) is 48.9 Å². The molecule has 0 aliphatic carbocycles. The summed E-state index contributed by atoms with van der Waals surface area (Å²) in [5.41, 5.74) is 9.64. The molecule has 1 aliphatic heterocycles. The molecular formula is C28H33N7. The average Bonchev–Trinajstić information content (AvgIpc) is 3.55. The Labute approximate surface area is 205 Å². The molecule has 5 heterocycles. The van der Waals surface area contributed by atoms with Crippen LogP contribution in [0.4, 0.5) is 0 Å². The van der Waals surface area contributed by atoms with E-state index in [0.29, 0.717) is 11.8 Å². The second-order valence-electron chi connectivity index (χ2n) is 10.3. The van der Waals surface area contributed by atoms with E-state index in [2.05, 4.69) is 82.4 Å². The number of hydrogen-bond acceptors (Lipinski definition) is 4. The van der Waals surface area contributed by atoms with Crippen molar-refractivity contribution in [2.75, 3.05) is 13.1 Å². The number of aromatic nitrogens is 6. The molecule has 1 N–H and O–H groups in total. The summed E-state index contributed by atoms with van der Waals surface area (Å²) in [7, 11) is 2.05. The molecule has 0 radical (unpaired) electrons. The maximum atomic E-state index is 4.51. The van der Waals surface area contributed by atoms with Crippen LogP contribution in [0.2, 0.25) is 0 Å². The molecular weight excluding hydrogens is 434 g/mol. The number of H-pyrrole nitrogens is 1. The van der Waals surface area contributed by atoms with Crippen LogP contribution >= 0.6 is 0 Å². The van der Waals surface area contributed by atoms with Crippen LogP contribution in [0.1, 0.15) is 61.0 Å². The Kier molecular flexibility index (Phi) is 5.44. The summed E-state index contributed by atoms with van der Waals surface area (Å²) in [6.07, 6.45) is 6.06. The summed E-state index contributed by atoms with van der Waals surface area (Å²) in [6, 6.07) is 13.4. The number of aromatic amines is 1. The third-order valence-electron chi connectivity index (χ3n) is 7.55. The standard InChI is InChI=1S/C28H33N7/c1-18(2)27-24-14-21(20-9-11-34(12-10-20)16-23-13-19(3)32-33(23)4)5-7-25(24)31-28(27)22-6-8-26-29-17-30-35(26)15-22/h5-8,13-15,17-18,20,31H,9-12,16H2,1-4H3. The quantitative estimate of drug-likeness (QED) is 0.375. The van der Waals surface area contributed by atoms with Crippen molar-refractivity contribution in [1.82, 2.24) is 34.3 Å². The monoisotopic (exact) mass is 467 g/mol. The second-order valence-corrected chi connectivity index (χ2v) is 10.3. The van der Waals surface area contributed by atoms with Gasteiger partial charge in [0.25, 0.3) is 0 Å². The van der Waals surface area contributed by atoms with Gasteiger partial charge in [0.1, 0.15) is 6.33 Å². The summed E-state index contributed by atoms with van der Waals surface area (Å²) < 4.78 is 3.86. The van der Waals surface area contributed by atoms with Crippen molar-refractivity contribution in [3.8, 4) is 11.3 Å². The second kappa shape index (κ2) is 8.64. The lowest BCUT2D eigenvalue weighted by molar-refractivity contribution is 0.200. The summed E-state index contributed by atoms with van der Waals surface area (Å²) in [6.45, 7) is 9.87. The summed E-state index contributed by atoms with van der Waals surface area (Å²) >= 11 is 0. The van der Waals surface area contributed by atoms with Crippen molar-refractivity contribution in [3.05, 3.63) is 71.4 Å². The molecule has 0 amide bonds. The number of rotatable bonds is 5. The summed E-state index contributed by atoms with van der Waals surface area (Å²) in [5.74, 6) is 1.01. The van der Waals surface area contributed by atoms with Gasteiger partial charge in [0.15, 0.2) is 5.65 Å². The van der Waals surface area contributed by atoms with Crippen molar-refractivity contribution >= 4 is 16.6 Å². The Morgan fingerprint density at radius 3 is 2.66 bits per heavy atom. The number of aryl methyl sites for hydroxylation is 2. The Bertz CT molecular complexity index is 1490. The highest BCUT2D eigenvalue weighted by Gasteiger charge is 2.23. The number of nitrogens with zero attached hydrogens (tertiary/aromatic N) is 6. The zero-order valence-corrected chi connectivity index (χ0v) is 21.0. The molecule has 35 heavy (non-hydrogen) atoms. The first kappa shape index (κ1) is 22.0. The first-order valence-corrected chi connectivity index (χ1v) is 12.6. The summed E-state index contributed by atoms with van der Waals surface area (Å²) in [5, 5.41) is 10.2. The van der Waals surface area contributed by atoms with E-state index in [1.165, 1.54) is 46.3 Å². The molecule has 0 saturated carbocycles. The number of pyridine rings is 1. The Morgan fingerprint density at radius 2 is 1.91 bits per heavy atom. The smallest absolute Gasteiger partial charge is 0.155 e. The predicted molar refractivity (Wildman–Crippen MR) is 140 cm³/mol. The van der Waals surface area contributed by atoms with Crippen LogP contribution in [-0.2, 0) is 13.6 Å². The van der Waals surface area contributed by atoms with Gasteiger partial charge in [-0.2, -0.15) is 10.2 Å². The third kappa shape index (κ3) is 4.04. The molecule has 4 aromatic heterocycles. The van der Waals surface area contributed by atoms with Crippen molar-refractivity contribution in [2.45, 2.75) is 52.0 Å². The lowest BCUT2D eigenvalue weighted by Crippen LogP contribution is -2.33. The molecule has 0 unspecified atom stereocenters. The number of piperidine rings is 1. The van der Waals surface area contributed by atoms with Gasteiger partial charge in [-0.3, -0.25) is 9.58 Å². The topological polar surface area (TPSA) is 67.0 Å². The molecule has 7 nitrogen and oxygen atoms in total. The average molecular weight is 468 g/mol. The minimum absolute atomic E-state index is 0.407. The molecule has 1 aliphatic rings. The lowest BCUT2D eigenvalue weighted by Gasteiger charge is -2.32. The van der Waals surface area contributed by atoms with Crippen LogP contribution < -0.4 is 0 Å². The Morgan fingerprint density at radius 1 is 1.09 bits per heavy atom. The van der Waals surface area contributed by atoms with Gasteiger partial charge in [-0.25, -0.2) is 9.50 Å². The van der Waals surface area contributed by atoms with Gasteiger partial charge in [0.05, 0.1) is 17.1 Å². The highest BCUT2D eigenvalue weighted by atomic mass is 15.3. The van der Waals surface area contributed by atoms with E-state index in [9.17, 15) is 0 Å². The molecule has 0 bridgehead atoms. The van der Waals surface area contributed by atoms with Crippen molar-refractivity contribution in [1.29, 1.82) is 0 Å². The fraction of sp³-hybridized carbons (Fsp3) is 0.393. The van der Waals surface area contributed by atoms with Crippen LogP contribution in [0.5, 0.6) is 0 Å².